The minimum absolute atomic E-state index is 0.529. The van der Waals surface area contributed by atoms with Crippen molar-refractivity contribution in [2.45, 2.75) is 39.3 Å². The Labute approximate surface area is 174 Å². The Morgan fingerprint density at radius 1 is 1.25 bits per heavy atom. The lowest BCUT2D eigenvalue weighted by Gasteiger charge is -2.35. The zero-order valence-corrected chi connectivity index (χ0v) is 18.6. The fraction of sp³-hybridized carbons (Fsp3) is 0.762. The smallest absolute Gasteiger partial charge is 0.191 e. The molecule has 3 rings (SSSR count). The van der Waals surface area contributed by atoms with Gasteiger partial charge in [-0.25, -0.2) is 0 Å². The van der Waals surface area contributed by atoms with Crippen LogP contribution in [0.4, 0.5) is 0 Å². The molecule has 2 aliphatic rings. The molecule has 2 aliphatic heterocycles. The van der Waals surface area contributed by atoms with E-state index in [1.54, 1.807) is 4.88 Å². The molecule has 1 aromatic heterocycles. The maximum absolute atomic E-state index is 5.53. The van der Waals surface area contributed by atoms with Gasteiger partial charge in [-0.05, 0) is 35.8 Å². The van der Waals surface area contributed by atoms with Gasteiger partial charge in [-0.3, -0.25) is 14.8 Å². The third-order valence-corrected chi connectivity index (χ3v) is 6.66. The van der Waals surface area contributed by atoms with Gasteiger partial charge in [0.2, 0.25) is 0 Å². The number of rotatable bonds is 8. The summed E-state index contributed by atoms with van der Waals surface area (Å²) in [5.41, 5.74) is 1.51. The number of hydrogen-bond donors (Lipinski definition) is 2. The van der Waals surface area contributed by atoms with E-state index < -0.39 is 0 Å². The largest absolute Gasteiger partial charge is 0.379 e. The van der Waals surface area contributed by atoms with E-state index in [9.17, 15) is 0 Å². The highest BCUT2D eigenvalue weighted by Gasteiger charge is 2.22. The number of guanidine groups is 1. The highest BCUT2D eigenvalue weighted by molar-refractivity contribution is 7.10. The summed E-state index contributed by atoms with van der Waals surface area (Å²) < 4.78 is 5.53. The van der Waals surface area contributed by atoms with Crippen LogP contribution in [0.25, 0.3) is 0 Å². The fourth-order valence-corrected chi connectivity index (χ4v) is 5.00. The summed E-state index contributed by atoms with van der Waals surface area (Å²) in [5, 5.41) is 9.29. The van der Waals surface area contributed by atoms with Crippen molar-refractivity contribution in [3.05, 3.63) is 21.9 Å². The van der Waals surface area contributed by atoms with Crippen molar-refractivity contribution in [1.29, 1.82) is 0 Å². The molecule has 1 saturated heterocycles. The minimum atomic E-state index is 0.529. The van der Waals surface area contributed by atoms with Gasteiger partial charge in [0.05, 0.1) is 13.2 Å². The number of thiophene rings is 1. The normalized spacial score (nSPS) is 20.2. The lowest BCUT2D eigenvalue weighted by molar-refractivity contribution is 0.0132. The Hall–Kier alpha value is -1.15. The van der Waals surface area contributed by atoms with Gasteiger partial charge in [0.15, 0.2) is 5.96 Å². The molecule has 0 aliphatic carbocycles. The molecule has 0 radical (unpaired) electrons. The van der Waals surface area contributed by atoms with Gasteiger partial charge in [0.1, 0.15) is 0 Å². The quantitative estimate of drug-likeness (QED) is 0.510. The van der Waals surface area contributed by atoms with E-state index in [0.717, 1.165) is 65.0 Å². The SMILES string of the molecule is CN=C(NCCN1CCc2sccc2C1)NCC(CC(C)C)N1CCOCC1. The summed E-state index contributed by atoms with van der Waals surface area (Å²) in [7, 11) is 1.86. The number of nitrogens with zero attached hydrogens (tertiary/aromatic N) is 3. The monoisotopic (exact) mass is 407 g/mol. The lowest BCUT2D eigenvalue weighted by atomic mass is 10.0. The number of hydrogen-bond acceptors (Lipinski definition) is 5. The van der Waals surface area contributed by atoms with Crippen molar-refractivity contribution in [3.8, 4) is 0 Å². The zero-order chi connectivity index (χ0) is 19.8. The molecule has 158 valence electrons. The van der Waals surface area contributed by atoms with Gasteiger partial charge >= 0.3 is 0 Å². The molecule has 0 amide bonds. The molecule has 2 N–H and O–H groups in total. The molecule has 3 heterocycles. The number of aliphatic imine (C=N–C) groups is 1. The van der Waals surface area contributed by atoms with Gasteiger partial charge in [-0.1, -0.05) is 13.8 Å². The average Bonchev–Trinajstić information content (AvgIpc) is 3.17. The Balaban J connectivity index is 1.40. The molecule has 0 bridgehead atoms. The van der Waals surface area contributed by atoms with Gasteiger partial charge in [-0.2, -0.15) is 0 Å². The molecule has 6 nitrogen and oxygen atoms in total. The summed E-state index contributed by atoms with van der Waals surface area (Å²) in [4.78, 5) is 11.1. The first-order valence-electron chi connectivity index (χ1n) is 10.7. The summed E-state index contributed by atoms with van der Waals surface area (Å²) in [6.07, 6.45) is 2.39. The van der Waals surface area contributed by atoms with Gasteiger partial charge in [0.25, 0.3) is 0 Å². The van der Waals surface area contributed by atoms with E-state index in [2.05, 4.69) is 50.7 Å². The van der Waals surface area contributed by atoms with Crippen molar-refractivity contribution >= 4 is 17.3 Å². The molecule has 28 heavy (non-hydrogen) atoms. The van der Waals surface area contributed by atoms with Crippen LogP contribution in [-0.2, 0) is 17.7 Å². The first-order chi connectivity index (χ1) is 13.7. The van der Waals surface area contributed by atoms with Crippen molar-refractivity contribution in [2.75, 3.05) is 59.5 Å². The molecular formula is C21H37N5OS. The Bertz CT molecular complexity index is 612. The van der Waals surface area contributed by atoms with Crippen LogP contribution in [0.15, 0.2) is 16.4 Å². The van der Waals surface area contributed by atoms with Crippen LogP contribution in [0.1, 0.15) is 30.7 Å². The summed E-state index contributed by atoms with van der Waals surface area (Å²) >= 11 is 1.90. The lowest BCUT2D eigenvalue weighted by Crippen LogP contribution is -2.51. The minimum Gasteiger partial charge on any atom is -0.379 e. The number of fused-ring (bicyclic) bond motifs is 1. The van der Waals surface area contributed by atoms with Crippen molar-refractivity contribution in [3.63, 3.8) is 0 Å². The molecule has 0 spiro atoms. The van der Waals surface area contributed by atoms with E-state index in [1.165, 1.54) is 18.4 Å². The Morgan fingerprint density at radius 2 is 2.07 bits per heavy atom. The van der Waals surface area contributed by atoms with Gasteiger partial charge in [0, 0.05) is 63.8 Å². The highest BCUT2D eigenvalue weighted by Crippen LogP contribution is 2.23. The van der Waals surface area contributed by atoms with Crippen molar-refractivity contribution < 1.29 is 4.74 Å². The zero-order valence-electron chi connectivity index (χ0n) is 17.7. The molecule has 1 fully saturated rings. The first kappa shape index (κ1) is 21.6. The highest BCUT2D eigenvalue weighted by atomic mass is 32.1. The molecule has 0 aromatic carbocycles. The molecule has 1 unspecified atom stereocenters. The van der Waals surface area contributed by atoms with Crippen LogP contribution in [-0.4, -0.2) is 81.3 Å². The predicted molar refractivity (Wildman–Crippen MR) is 118 cm³/mol. The average molecular weight is 408 g/mol. The Morgan fingerprint density at radius 3 is 2.82 bits per heavy atom. The number of nitrogens with one attached hydrogen (secondary N) is 2. The number of ether oxygens (including phenoxy) is 1. The van der Waals surface area contributed by atoms with Crippen LogP contribution in [0.3, 0.4) is 0 Å². The van der Waals surface area contributed by atoms with Crippen LogP contribution in [0, 0.1) is 5.92 Å². The van der Waals surface area contributed by atoms with E-state index in [-0.39, 0.29) is 0 Å². The van der Waals surface area contributed by atoms with E-state index in [1.807, 2.05) is 18.4 Å². The van der Waals surface area contributed by atoms with E-state index >= 15 is 0 Å². The van der Waals surface area contributed by atoms with Gasteiger partial charge < -0.3 is 15.4 Å². The summed E-state index contributed by atoms with van der Waals surface area (Å²) in [6, 6.07) is 2.81. The molecule has 0 saturated carbocycles. The van der Waals surface area contributed by atoms with Crippen LogP contribution < -0.4 is 10.6 Å². The molecule has 1 atom stereocenters. The van der Waals surface area contributed by atoms with E-state index in [4.69, 9.17) is 4.74 Å². The first-order valence-corrected chi connectivity index (χ1v) is 11.6. The van der Waals surface area contributed by atoms with Crippen LogP contribution >= 0.6 is 11.3 Å². The molecule has 1 aromatic rings. The molecular weight excluding hydrogens is 370 g/mol. The second-order valence-electron chi connectivity index (χ2n) is 8.21. The summed E-state index contributed by atoms with van der Waals surface area (Å²) in [5.74, 6) is 1.60. The van der Waals surface area contributed by atoms with Crippen LogP contribution in [0.5, 0.6) is 0 Å². The fourth-order valence-electron chi connectivity index (χ4n) is 4.11. The maximum atomic E-state index is 5.53. The topological polar surface area (TPSA) is 52.1 Å². The number of morpholine rings is 1. The van der Waals surface area contributed by atoms with Crippen LogP contribution in [0.2, 0.25) is 0 Å². The third-order valence-electron chi connectivity index (χ3n) is 5.64. The second kappa shape index (κ2) is 11.1. The van der Waals surface area contributed by atoms with Crippen molar-refractivity contribution in [1.82, 2.24) is 20.4 Å². The molecule has 7 heteroatoms. The second-order valence-corrected chi connectivity index (χ2v) is 9.21. The Kier molecular flexibility index (Phi) is 8.58. The van der Waals surface area contributed by atoms with Gasteiger partial charge in [-0.15, -0.1) is 11.3 Å². The summed E-state index contributed by atoms with van der Waals surface area (Å²) in [6.45, 7) is 13.5. The standard InChI is InChI=1S/C21H37N5OS/c1-17(2)14-19(26-9-11-27-12-10-26)15-24-21(22-3)23-6-8-25-7-4-20-18(16-25)5-13-28-20/h5,13,17,19H,4,6-12,14-16H2,1-3H3,(H2,22,23,24). The predicted octanol–water partition coefficient (Wildman–Crippen LogP) is 2.02. The van der Waals surface area contributed by atoms with Crippen molar-refractivity contribution in [2.24, 2.45) is 10.9 Å². The maximum Gasteiger partial charge on any atom is 0.191 e. The third kappa shape index (κ3) is 6.44. The van der Waals surface area contributed by atoms with E-state index in [0.29, 0.717) is 12.0 Å².